The number of aliphatic hydroxyl groups excluding tert-OH is 1. The molecule has 1 aromatic carbocycles. The molecule has 0 amide bonds. The Balaban J connectivity index is 2.06. The van der Waals surface area contributed by atoms with E-state index >= 15 is 0 Å². The van der Waals surface area contributed by atoms with Crippen molar-refractivity contribution >= 4 is 18.1 Å². The van der Waals surface area contributed by atoms with Crippen LogP contribution in [0.4, 0.5) is 5.69 Å². The summed E-state index contributed by atoms with van der Waals surface area (Å²) < 4.78 is 0. The quantitative estimate of drug-likeness (QED) is 0.506. The standard InChI is InChI=1S/C14H13N3O2/c18-14-8-4-2-6-12(14)10-16-15-9-11-5-1-3-7-13(11)17-19/h1,3,5-10,18H,2,4H2/b15-9+,16-10+. The molecule has 0 atom stereocenters. The maximum Gasteiger partial charge on any atom is 0.120 e. The number of benzene rings is 1. The van der Waals surface area contributed by atoms with Gasteiger partial charge in [0.1, 0.15) is 11.4 Å². The maximum absolute atomic E-state index is 10.6. The Morgan fingerprint density at radius 1 is 1.05 bits per heavy atom. The summed E-state index contributed by atoms with van der Waals surface area (Å²) in [5.41, 5.74) is 1.58. The molecule has 5 heteroatoms. The lowest BCUT2D eigenvalue weighted by Gasteiger charge is -2.04. The molecule has 1 aliphatic rings. The van der Waals surface area contributed by atoms with Gasteiger partial charge in [-0.25, -0.2) is 0 Å². The second kappa shape index (κ2) is 6.39. The lowest BCUT2D eigenvalue weighted by molar-refractivity contribution is 0.422. The van der Waals surface area contributed by atoms with E-state index in [4.69, 9.17) is 0 Å². The van der Waals surface area contributed by atoms with E-state index in [0.717, 1.165) is 12.8 Å². The summed E-state index contributed by atoms with van der Waals surface area (Å²) in [5, 5.41) is 20.2. The minimum atomic E-state index is 0.222. The summed E-state index contributed by atoms with van der Waals surface area (Å²) in [4.78, 5) is 10.6. The molecule has 1 N–H and O–H groups in total. The highest BCUT2D eigenvalue weighted by molar-refractivity contribution is 5.88. The van der Waals surface area contributed by atoms with E-state index in [1.54, 1.807) is 30.3 Å². The minimum absolute atomic E-state index is 0.222. The summed E-state index contributed by atoms with van der Waals surface area (Å²) in [6.07, 6.45) is 8.31. The van der Waals surface area contributed by atoms with Crippen molar-refractivity contribution in [1.29, 1.82) is 0 Å². The van der Waals surface area contributed by atoms with Crippen LogP contribution in [0.2, 0.25) is 0 Å². The highest BCUT2D eigenvalue weighted by Gasteiger charge is 2.03. The van der Waals surface area contributed by atoms with Crippen molar-refractivity contribution in [2.24, 2.45) is 15.4 Å². The van der Waals surface area contributed by atoms with Crippen LogP contribution in [-0.4, -0.2) is 17.5 Å². The number of aliphatic hydroxyl groups is 1. The smallest absolute Gasteiger partial charge is 0.120 e. The zero-order valence-electron chi connectivity index (χ0n) is 10.2. The summed E-state index contributed by atoms with van der Waals surface area (Å²) in [6, 6.07) is 6.86. The Kier molecular flexibility index (Phi) is 4.34. The molecule has 0 aromatic heterocycles. The molecule has 19 heavy (non-hydrogen) atoms. The van der Waals surface area contributed by atoms with Gasteiger partial charge in [0.25, 0.3) is 0 Å². The zero-order chi connectivity index (χ0) is 13.5. The van der Waals surface area contributed by atoms with Gasteiger partial charge in [-0.05, 0) is 30.2 Å². The third-order valence-corrected chi connectivity index (χ3v) is 2.66. The molecule has 96 valence electrons. The van der Waals surface area contributed by atoms with Gasteiger partial charge in [-0.2, -0.15) is 10.2 Å². The monoisotopic (exact) mass is 255 g/mol. The first-order valence-electron chi connectivity index (χ1n) is 5.89. The molecule has 0 fully saturated rings. The normalized spacial score (nSPS) is 15.6. The number of hydrogen-bond donors (Lipinski definition) is 1. The van der Waals surface area contributed by atoms with Crippen LogP contribution in [0, 0.1) is 4.91 Å². The van der Waals surface area contributed by atoms with Gasteiger partial charge in [-0.3, -0.25) is 0 Å². The minimum Gasteiger partial charge on any atom is -0.508 e. The number of nitroso groups, excluding NO2 is 1. The van der Waals surface area contributed by atoms with Gasteiger partial charge in [-0.1, -0.05) is 24.3 Å². The first-order chi connectivity index (χ1) is 9.31. The molecule has 0 aliphatic heterocycles. The molecule has 0 saturated heterocycles. The fourth-order valence-electron chi connectivity index (χ4n) is 1.67. The second-order valence-electron chi connectivity index (χ2n) is 3.97. The zero-order valence-corrected chi connectivity index (χ0v) is 10.2. The Morgan fingerprint density at radius 2 is 1.79 bits per heavy atom. The molecule has 5 nitrogen and oxygen atoms in total. The van der Waals surface area contributed by atoms with Gasteiger partial charge in [0.2, 0.25) is 0 Å². The lowest BCUT2D eigenvalue weighted by atomic mass is 10.1. The average Bonchev–Trinajstić information content (AvgIpc) is 2.45. The van der Waals surface area contributed by atoms with Gasteiger partial charge in [0, 0.05) is 11.1 Å². The molecule has 1 aliphatic carbocycles. The fraction of sp³-hybridized carbons (Fsp3) is 0.143. The Bertz CT molecular complexity index is 586. The molecular weight excluding hydrogens is 242 g/mol. The van der Waals surface area contributed by atoms with E-state index in [2.05, 4.69) is 15.4 Å². The van der Waals surface area contributed by atoms with E-state index in [1.807, 2.05) is 6.08 Å². The third kappa shape index (κ3) is 3.45. The van der Waals surface area contributed by atoms with Crippen molar-refractivity contribution in [1.82, 2.24) is 0 Å². The second-order valence-corrected chi connectivity index (χ2v) is 3.97. The van der Waals surface area contributed by atoms with Crippen LogP contribution in [0.3, 0.4) is 0 Å². The number of hydrogen-bond acceptors (Lipinski definition) is 5. The molecule has 2 rings (SSSR count). The first kappa shape index (κ1) is 12.9. The maximum atomic E-state index is 10.6. The molecule has 0 bridgehead atoms. The van der Waals surface area contributed by atoms with E-state index in [-0.39, 0.29) is 5.76 Å². The summed E-state index contributed by atoms with van der Waals surface area (Å²) in [6.45, 7) is 0. The van der Waals surface area contributed by atoms with E-state index in [9.17, 15) is 10.0 Å². The number of rotatable bonds is 4. The molecule has 1 aromatic rings. The van der Waals surface area contributed by atoms with E-state index in [1.165, 1.54) is 12.4 Å². The van der Waals surface area contributed by atoms with Crippen LogP contribution >= 0.6 is 0 Å². The third-order valence-electron chi connectivity index (χ3n) is 2.66. The van der Waals surface area contributed by atoms with Crippen molar-refractivity contribution in [2.75, 3.05) is 0 Å². The van der Waals surface area contributed by atoms with Crippen LogP contribution < -0.4 is 0 Å². The predicted molar refractivity (Wildman–Crippen MR) is 76.0 cm³/mol. The SMILES string of the molecule is O=Nc1ccccc1/C=N/N=C/C1=CCCC=C1O. The van der Waals surface area contributed by atoms with Gasteiger partial charge < -0.3 is 5.11 Å². The van der Waals surface area contributed by atoms with Gasteiger partial charge >= 0.3 is 0 Å². The van der Waals surface area contributed by atoms with Crippen LogP contribution in [-0.2, 0) is 0 Å². The van der Waals surface area contributed by atoms with E-state index < -0.39 is 0 Å². The Morgan fingerprint density at radius 3 is 2.58 bits per heavy atom. The van der Waals surface area contributed by atoms with E-state index in [0.29, 0.717) is 16.8 Å². The summed E-state index contributed by atoms with van der Waals surface area (Å²) in [5.74, 6) is 0.222. The average molecular weight is 255 g/mol. The molecular formula is C14H13N3O2. The van der Waals surface area contributed by atoms with Gasteiger partial charge in [-0.15, -0.1) is 4.91 Å². The first-order valence-corrected chi connectivity index (χ1v) is 5.89. The number of nitrogens with zero attached hydrogens (tertiary/aromatic N) is 3. The van der Waals surface area contributed by atoms with Crippen LogP contribution in [0.15, 0.2) is 63.1 Å². The van der Waals surface area contributed by atoms with Gasteiger partial charge in [0.05, 0.1) is 12.4 Å². The van der Waals surface area contributed by atoms with Crippen molar-refractivity contribution in [3.8, 4) is 0 Å². The fourth-order valence-corrected chi connectivity index (χ4v) is 1.67. The molecule has 0 radical (unpaired) electrons. The van der Waals surface area contributed by atoms with Crippen molar-refractivity contribution in [3.05, 3.63) is 58.2 Å². The highest BCUT2D eigenvalue weighted by atomic mass is 16.3. The van der Waals surface area contributed by atoms with Crippen molar-refractivity contribution < 1.29 is 5.11 Å². The molecule has 0 heterocycles. The van der Waals surface area contributed by atoms with Gasteiger partial charge in [0.15, 0.2) is 0 Å². The topological polar surface area (TPSA) is 74.4 Å². The predicted octanol–water partition coefficient (Wildman–Crippen LogP) is 3.65. The largest absolute Gasteiger partial charge is 0.508 e. The summed E-state index contributed by atoms with van der Waals surface area (Å²) in [7, 11) is 0. The molecule has 0 saturated carbocycles. The van der Waals surface area contributed by atoms with Crippen molar-refractivity contribution in [3.63, 3.8) is 0 Å². The Hall–Kier alpha value is -2.56. The Labute approximate surface area is 110 Å². The van der Waals surface area contributed by atoms with Crippen LogP contribution in [0.25, 0.3) is 0 Å². The van der Waals surface area contributed by atoms with Crippen LogP contribution in [0.1, 0.15) is 18.4 Å². The van der Waals surface area contributed by atoms with Crippen LogP contribution in [0.5, 0.6) is 0 Å². The highest BCUT2D eigenvalue weighted by Crippen LogP contribution is 2.16. The lowest BCUT2D eigenvalue weighted by Crippen LogP contribution is -1.95. The number of allylic oxidation sites excluding steroid dienone is 3. The molecule has 0 unspecified atom stereocenters. The molecule has 0 spiro atoms. The summed E-state index contributed by atoms with van der Waals surface area (Å²) >= 11 is 0. The van der Waals surface area contributed by atoms with Crippen molar-refractivity contribution in [2.45, 2.75) is 12.8 Å².